The lowest BCUT2D eigenvalue weighted by atomic mass is 10.1. The molecule has 1 N–H and O–H groups in total. The molecule has 0 aliphatic heterocycles. The molecule has 1 amide bonds. The lowest BCUT2D eigenvalue weighted by Gasteiger charge is -2.05. The molecule has 0 atom stereocenters. The fourth-order valence-corrected chi connectivity index (χ4v) is 3.87. The zero-order valence-electron chi connectivity index (χ0n) is 14.7. The quantitative estimate of drug-likeness (QED) is 0.451. The largest absolute Gasteiger partial charge is 0.472 e. The van der Waals surface area contributed by atoms with Gasteiger partial charge >= 0.3 is 0 Å². The van der Waals surface area contributed by atoms with E-state index >= 15 is 0 Å². The van der Waals surface area contributed by atoms with Gasteiger partial charge in [-0.25, -0.2) is 4.98 Å². The second-order valence-electron chi connectivity index (χ2n) is 6.12. The Morgan fingerprint density at radius 3 is 2.97 bits per heavy atom. The number of nitrogens with zero attached hydrogens (tertiary/aromatic N) is 4. The molecule has 0 unspecified atom stereocenters. The third-order valence-corrected chi connectivity index (χ3v) is 5.57. The van der Waals surface area contributed by atoms with Gasteiger partial charge in [0.15, 0.2) is 5.69 Å². The molecule has 29 heavy (non-hydrogen) atoms. The standard InChI is InChI=1S/C19H12ClN5O3S/c20-16-15(19(26)21-7-13-2-1-5-29-13)23-18-14(17-22-10-28-24-17)6-12(8-25(16)18)11-3-4-27-9-11/h1-6,8-10H,7H2,(H,21,26). The molecule has 0 aromatic carbocycles. The molecule has 0 bridgehead atoms. The topological polar surface area (TPSA) is 98.5 Å². The Bertz CT molecular complexity index is 1280. The first-order valence-electron chi connectivity index (χ1n) is 8.52. The van der Waals surface area contributed by atoms with Crippen LogP contribution in [-0.2, 0) is 6.54 Å². The molecule has 10 heteroatoms. The van der Waals surface area contributed by atoms with Crippen molar-refractivity contribution in [2.24, 2.45) is 0 Å². The third-order valence-electron chi connectivity index (χ3n) is 4.34. The molecule has 0 spiro atoms. The fourth-order valence-electron chi connectivity index (χ4n) is 2.97. The number of fused-ring (bicyclic) bond motifs is 1. The molecule has 8 nitrogen and oxygen atoms in total. The SMILES string of the molecule is O=C(NCc1cccs1)c1nc2c(-c3ncon3)cc(-c3ccoc3)cn2c1Cl. The predicted octanol–water partition coefficient (Wildman–Crippen LogP) is 4.29. The van der Waals surface area contributed by atoms with Crippen LogP contribution >= 0.6 is 22.9 Å². The summed E-state index contributed by atoms with van der Waals surface area (Å²) in [5.41, 5.74) is 2.79. The highest BCUT2D eigenvalue weighted by molar-refractivity contribution is 7.09. The van der Waals surface area contributed by atoms with Gasteiger partial charge in [0.2, 0.25) is 12.2 Å². The first-order valence-corrected chi connectivity index (χ1v) is 9.78. The highest BCUT2D eigenvalue weighted by Gasteiger charge is 2.22. The average Bonchev–Trinajstić information content (AvgIpc) is 3.54. The number of nitrogens with one attached hydrogen (secondary N) is 1. The van der Waals surface area contributed by atoms with E-state index in [2.05, 4.69) is 20.4 Å². The number of thiophene rings is 1. The molecule has 0 radical (unpaired) electrons. The van der Waals surface area contributed by atoms with Crippen LogP contribution in [0.15, 0.2) is 63.7 Å². The molecule has 0 aliphatic carbocycles. The minimum Gasteiger partial charge on any atom is -0.472 e. The minimum atomic E-state index is -0.365. The van der Waals surface area contributed by atoms with Crippen molar-refractivity contribution in [2.75, 3.05) is 0 Å². The number of aromatic nitrogens is 4. The van der Waals surface area contributed by atoms with Crippen LogP contribution in [0.2, 0.25) is 5.15 Å². The minimum absolute atomic E-state index is 0.123. The molecule has 5 aromatic heterocycles. The van der Waals surface area contributed by atoms with Gasteiger partial charge in [-0.3, -0.25) is 9.20 Å². The molecule has 5 rings (SSSR count). The summed E-state index contributed by atoms with van der Waals surface area (Å²) in [6, 6.07) is 7.54. The Kier molecular flexibility index (Phi) is 4.38. The monoisotopic (exact) mass is 425 g/mol. The van der Waals surface area contributed by atoms with Crippen LogP contribution in [0, 0.1) is 0 Å². The number of hydrogen-bond donors (Lipinski definition) is 1. The molecule has 0 aliphatic rings. The second kappa shape index (κ2) is 7.19. The summed E-state index contributed by atoms with van der Waals surface area (Å²) >= 11 is 8.10. The van der Waals surface area contributed by atoms with Gasteiger partial charge in [-0.2, -0.15) is 4.98 Å². The normalized spacial score (nSPS) is 11.2. The number of hydrogen-bond acceptors (Lipinski definition) is 7. The van der Waals surface area contributed by atoms with E-state index in [4.69, 9.17) is 20.5 Å². The molecular weight excluding hydrogens is 414 g/mol. The third kappa shape index (κ3) is 3.20. The Labute approximate surface area is 172 Å². The number of rotatable bonds is 5. The van der Waals surface area contributed by atoms with E-state index in [0.29, 0.717) is 23.6 Å². The van der Waals surface area contributed by atoms with Crippen molar-refractivity contribution >= 4 is 34.5 Å². The Balaban J connectivity index is 1.61. The van der Waals surface area contributed by atoms with Crippen molar-refractivity contribution in [3.05, 3.63) is 70.5 Å². The number of halogens is 1. The Hall–Kier alpha value is -3.43. The van der Waals surface area contributed by atoms with Crippen LogP contribution < -0.4 is 5.32 Å². The van der Waals surface area contributed by atoms with Crippen molar-refractivity contribution < 1.29 is 13.7 Å². The van der Waals surface area contributed by atoms with E-state index in [0.717, 1.165) is 16.0 Å². The summed E-state index contributed by atoms with van der Waals surface area (Å²) in [4.78, 5) is 22.3. The van der Waals surface area contributed by atoms with Gasteiger partial charge in [0.25, 0.3) is 5.91 Å². The molecule has 0 saturated carbocycles. The van der Waals surface area contributed by atoms with Gasteiger partial charge in [-0.05, 0) is 23.6 Å². The van der Waals surface area contributed by atoms with Gasteiger partial charge in [0.1, 0.15) is 10.8 Å². The van der Waals surface area contributed by atoms with Crippen LogP contribution in [0.4, 0.5) is 0 Å². The summed E-state index contributed by atoms with van der Waals surface area (Å²) in [6.07, 6.45) is 6.21. The van der Waals surface area contributed by atoms with Crippen molar-refractivity contribution in [2.45, 2.75) is 6.54 Å². The predicted molar refractivity (Wildman–Crippen MR) is 107 cm³/mol. The summed E-state index contributed by atoms with van der Waals surface area (Å²) in [7, 11) is 0. The summed E-state index contributed by atoms with van der Waals surface area (Å²) in [5.74, 6) is -0.0245. The molecule has 5 aromatic rings. The van der Waals surface area contributed by atoms with Crippen molar-refractivity contribution in [3.8, 4) is 22.5 Å². The van der Waals surface area contributed by atoms with Crippen molar-refractivity contribution in [1.82, 2.24) is 24.8 Å². The average molecular weight is 426 g/mol. The van der Waals surface area contributed by atoms with E-state index in [1.165, 1.54) is 6.39 Å². The molecule has 144 valence electrons. The van der Waals surface area contributed by atoms with Crippen LogP contribution in [0.1, 0.15) is 15.4 Å². The van der Waals surface area contributed by atoms with E-state index in [9.17, 15) is 4.79 Å². The number of carbonyl (C=O) groups is 1. The fraction of sp³-hybridized carbons (Fsp3) is 0.0526. The number of imidazole rings is 1. The number of carbonyl (C=O) groups excluding carboxylic acids is 1. The van der Waals surface area contributed by atoms with Crippen molar-refractivity contribution in [3.63, 3.8) is 0 Å². The van der Waals surface area contributed by atoms with Gasteiger partial charge in [0, 0.05) is 22.2 Å². The van der Waals surface area contributed by atoms with E-state index in [1.54, 1.807) is 34.5 Å². The highest BCUT2D eigenvalue weighted by atomic mass is 35.5. The zero-order chi connectivity index (χ0) is 19.8. The Morgan fingerprint density at radius 1 is 1.31 bits per heavy atom. The van der Waals surface area contributed by atoms with Gasteiger partial charge in [-0.1, -0.05) is 22.8 Å². The summed E-state index contributed by atoms with van der Waals surface area (Å²) in [6.45, 7) is 0.401. The summed E-state index contributed by atoms with van der Waals surface area (Å²) < 4.78 is 11.7. The van der Waals surface area contributed by atoms with E-state index in [1.807, 2.05) is 29.6 Å². The lowest BCUT2D eigenvalue weighted by molar-refractivity contribution is 0.0947. The lowest BCUT2D eigenvalue weighted by Crippen LogP contribution is -2.23. The van der Waals surface area contributed by atoms with Crippen LogP contribution in [0.25, 0.3) is 28.2 Å². The molecule has 5 heterocycles. The maximum Gasteiger partial charge on any atom is 0.273 e. The van der Waals surface area contributed by atoms with Gasteiger partial charge in [-0.15, -0.1) is 11.3 Å². The van der Waals surface area contributed by atoms with E-state index < -0.39 is 0 Å². The highest BCUT2D eigenvalue weighted by Crippen LogP contribution is 2.31. The van der Waals surface area contributed by atoms with E-state index in [-0.39, 0.29) is 16.8 Å². The zero-order valence-corrected chi connectivity index (χ0v) is 16.3. The summed E-state index contributed by atoms with van der Waals surface area (Å²) in [5, 5.41) is 8.90. The Morgan fingerprint density at radius 2 is 2.24 bits per heavy atom. The number of pyridine rings is 1. The van der Waals surface area contributed by atoms with Gasteiger partial charge in [0.05, 0.1) is 24.6 Å². The van der Waals surface area contributed by atoms with Crippen LogP contribution in [-0.4, -0.2) is 25.4 Å². The smallest absolute Gasteiger partial charge is 0.273 e. The second-order valence-corrected chi connectivity index (χ2v) is 7.51. The van der Waals surface area contributed by atoms with Crippen LogP contribution in [0.3, 0.4) is 0 Å². The molecular formula is C19H12ClN5O3S. The first kappa shape index (κ1) is 17.7. The van der Waals surface area contributed by atoms with Crippen LogP contribution in [0.5, 0.6) is 0 Å². The van der Waals surface area contributed by atoms with Crippen molar-refractivity contribution in [1.29, 1.82) is 0 Å². The number of amides is 1. The number of furan rings is 1. The molecule has 0 saturated heterocycles. The first-order chi connectivity index (χ1) is 14.2. The van der Waals surface area contributed by atoms with Gasteiger partial charge < -0.3 is 14.3 Å². The maximum atomic E-state index is 12.7. The molecule has 0 fully saturated rings. The maximum absolute atomic E-state index is 12.7.